The Morgan fingerprint density at radius 2 is 1.91 bits per heavy atom. The molecule has 1 spiro atoms. The zero-order chi connectivity index (χ0) is 22.5. The van der Waals surface area contributed by atoms with Crippen LogP contribution in [0.25, 0.3) is 0 Å². The lowest BCUT2D eigenvalue weighted by Gasteiger charge is -2.31. The highest BCUT2D eigenvalue weighted by molar-refractivity contribution is 6.09. The first-order valence-corrected chi connectivity index (χ1v) is 11.2. The average molecular weight is 435 g/mol. The smallest absolute Gasteiger partial charge is 0.325 e. The third kappa shape index (κ3) is 3.45. The summed E-state index contributed by atoms with van der Waals surface area (Å²) in [5.74, 6) is -0.555. The fourth-order valence-corrected chi connectivity index (χ4v) is 5.04. The molecule has 1 heterocycles. The lowest BCUT2D eigenvalue weighted by atomic mass is 9.92. The molecule has 166 valence electrons. The van der Waals surface area contributed by atoms with Crippen LogP contribution < -0.4 is 5.32 Å². The van der Waals surface area contributed by atoms with E-state index in [1.54, 1.807) is 17.0 Å². The van der Waals surface area contributed by atoms with Crippen molar-refractivity contribution in [2.45, 2.75) is 50.7 Å². The van der Waals surface area contributed by atoms with E-state index >= 15 is 0 Å². The Kier molecular flexibility index (Phi) is 4.99. The van der Waals surface area contributed by atoms with Crippen LogP contribution in [0.5, 0.6) is 0 Å². The van der Waals surface area contributed by atoms with Crippen molar-refractivity contribution < 1.29 is 18.8 Å². The van der Waals surface area contributed by atoms with Gasteiger partial charge in [-0.05, 0) is 67.3 Å². The van der Waals surface area contributed by atoms with Gasteiger partial charge in [0, 0.05) is 12.6 Å². The first kappa shape index (κ1) is 20.7. The zero-order valence-corrected chi connectivity index (χ0v) is 18.0. The summed E-state index contributed by atoms with van der Waals surface area (Å²) in [5, 5.41) is 2.87. The number of carbonyl (C=O) groups excluding carboxylic acids is 3. The summed E-state index contributed by atoms with van der Waals surface area (Å²) in [7, 11) is 0. The van der Waals surface area contributed by atoms with E-state index in [9.17, 15) is 18.8 Å². The Labute approximate surface area is 186 Å². The largest absolute Gasteiger partial charge is 0.334 e. The number of carbonyl (C=O) groups is 3. The SMILES string of the molecule is C[C@@H](C1CC1)N(Cc1ccc(F)cc1)C(=O)CN1C(=O)N[C@]2(CCc3ccccc32)C1=O. The number of hydrogen-bond acceptors (Lipinski definition) is 3. The molecule has 2 aromatic carbocycles. The van der Waals surface area contributed by atoms with Gasteiger partial charge in [-0.1, -0.05) is 36.4 Å². The maximum absolute atomic E-state index is 13.4. The molecule has 6 nitrogen and oxygen atoms in total. The molecule has 1 N–H and O–H groups in total. The summed E-state index contributed by atoms with van der Waals surface area (Å²) >= 11 is 0. The third-order valence-corrected chi connectivity index (χ3v) is 7.10. The number of nitrogens with one attached hydrogen (secondary N) is 1. The number of nitrogens with zero attached hydrogens (tertiary/aromatic N) is 2. The van der Waals surface area contributed by atoms with Crippen LogP contribution in [0.15, 0.2) is 48.5 Å². The van der Waals surface area contributed by atoms with Gasteiger partial charge in [0.2, 0.25) is 5.91 Å². The molecule has 1 saturated heterocycles. The molecule has 1 aliphatic heterocycles. The van der Waals surface area contributed by atoms with E-state index in [2.05, 4.69) is 5.32 Å². The number of urea groups is 1. The molecule has 3 aliphatic rings. The van der Waals surface area contributed by atoms with Crippen LogP contribution >= 0.6 is 0 Å². The predicted molar refractivity (Wildman–Crippen MR) is 116 cm³/mol. The van der Waals surface area contributed by atoms with Crippen LogP contribution in [0.4, 0.5) is 9.18 Å². The van der Waals surface area contributed by atoms with Gasteiger partial charge in [0.25, 0.3) is 5.91 Å². The Bertz CT molecular complexity index is 1080. The summed E-state index contributed by atoms with van der Waals surface area (Å²) in [6.07, 6.45) is 3.31. The Morgan fingerprint density at radius 1 is 1.19 bits per heavy atom. The summed E-state index contributed by atoms with van der Waals surface area (Å²) < 4.78 is 13.3. The summed E-state index contributed by atoms with van der Waals surface area (Å²) in [6.45, 7) is 2.01. The van der Waals surface area contributed by atoms with Gasteiger partial charge in [-0.15, -0.1) is 0 Å². The highest BCUT2D eigenvalue weighted by Crippen LogP contribution is 2.41. The molecule has 7 heteroatoms. The van der Waals surface area contributed by atoms with Crippen molar-refractivity contribution >= 4 is 17.8 Å². The van der Waals surface area contributed by atoms with Gasteiger partial charge in [-0.2, -0.15) is 0 Å². The van der Waals surface area contributed by atoms with Gasteiger partial charge in [-0.25, -0.2) is 9.18 Å². The molecule has 32 heavy (non-hydrogen) atoms. The third-order valence-electron chi connectivity index (χ3n) is 7.10. The molecule has 1 saturated carbocycles. The normalized spacial score (nSPS) is 22.8. The number of halogens is 1. The van der Waals surface area contributed by atoms with Crippen molar-refractivity contribution in [2.24, 2.45) is 5.92 Å². The van der Waals surface area contributed by atoms with Gasteiger partial charge in [-0.3, -0.25) is 14.5 Å². The minimum absolute atomic E-state index is 0.0190. The molecule has 2 aliphatic carbocycles. The standard InChI is InChI=1S/C25H26FN3O3/c1-16(18-8-9-18)28(14-17-6-10-20(26)11-7-17)22(30)15-29-23(31)25(27-24(29)32)13-12-19-4-2-3-5-21(19)25/h2-7,10-11,16,18H,8-9,12-15H2,1H3,(H,27,32)/t16-,25-/m0/s1. The average Bonchev–Trinajstić information content (AvgIpc) is 3.54. The number of rotatable bonds is 6. The number of imide groups is 1. The zero-order valence-electron chi connectivity index (χ0n) is 18.0. The monoisotopic (exact) mass is 435 g/mol. The van der Waals surface area contributed by atoms with Crippen molar-refractivity contribution in [3.05, 3.63) is 71.0 Å². The van der Waals surface area contributed by atoms with E-state index in [1.807, 2.05) is 31.2 Å². The first-order chi connectivity index (χ1) is 15.4. The van der Waals surface area contributed by atoms with Gasteiger partial charge < -0.3 is 10.2 Å². The fourth-order valence-electron chi connectivity index (χ4n) is 5.04. The maximum atomic E-state index is 13.4. The van der Waals surface area contributed by atoms with E-state index in [4.69, 9.17) is 0 Å². The molecule has 4 amide bonds. The van der Waals surface area contributed by atoms with E-state index in [1.165, 1.54) is 12.1 Å². The second kappa shape index (κ2) is 7.73. The van der Waals surface area contributed by atoms with Gasteiger partial charge in [0.1, 0.15) is 17.9 Å². The number of hydrogen-bond donors (Lipinski definition) is 1. The molecule has 2 aromatic rings. The van der Waals surface area contributed by atoms with Crippen LogP contribution in [-0.4, -0.2) is 40.2 Å². The minimum Gasteiger partial charge on any atom is -0.334 e. The van der Waals surface area contributed by atoms with Gasteiger partial charge in [0.05, 0.1) is 0 Å². The quantitative estimate of drug-likeness (QED) is 0.708. The summed E-state index contributed by atoms with van der Waals surface area (Å²) in [4.78, 5) is 42.4. The molecule has 2 atom stereocenters. The minimum atomic E-state index is -1.07. The number of benzene rings is 2. The highest BCUT2D eigenvalue weighted by Gasteiger charge is 2.55. The van der Waals surface area contributed by atoms with Gasteiger partial charge in [0.15, 0.2) is 0 Å². The molecule has 5 rings (SSSR count). The van der Waals surface area contributed by atoms with E-state index in [0.29, 0.717) is 25.3 Å². The lowest BCUT2D eigenvalue weighted by Crippen LogP contribution is -2.47. The summed E-state index contributed by atoms with van der Waals surface area (Å²) in [6, 6.07) is 13.2. The molecule has 0 bridgehead atoms. The Balaban J connectivity index is 1.37. The molecular weight excluding hydrogens is 409 g/mol. The molecular formula is C25H26FN3O3. The fraction of sp³-hybridized carbons (Fsp3) is 0.400. The van der Waals surface area contributed by atoms with E-state index in [-0.39, 0.29) is 30.2 Å². The number of fused-ring (bicyclic) bond motifs is 2. The van der Waals surface area contributed by atoms with Crippen LogP contribution in [0.2, 0.25) is 0 Å². The highest BCUT2D eigenvalue weighted by atomic mass is 19.1. The van der Waals surface area contributed by atoms with E-state index < -0.39 is 11.6 Å². The second-order valence-electron chi connectivity index (χ2n) is 9.11. The lowest BCUT2D eigenvalue weighted by molar-refractivity contribution is -0.141. The first-order valence-electron chi connectivity index (χ1n) is 11.2. The van der Waals surface area contributed by atoms with E-state index in [0.717, 1.165) is 34.4 Å². The number of amides is 4. The molecule has 2 fully saturated rings. The van der Waals surface area contributed by atoms with Crippen LogP contribution in [0, 0.1) is 11.7 Å². The van der Waals surface area contributed by atoms with Crippen molar-refractivity contribution in [2.75, 3.05) is 6.54 Å². The summed E-state index contributed by atoms with van der Waals surface area (Å²) in [5.41, 5.74) is 1.61. The molecule has 0 unspecified atom stereocenters. The van der Waals surface area contributed by atoms with Crippen LogP contribution in [-0.2, 0) is 28.1 Å². The Hall–Kier alpha value is -3.22. The Morgan fingerprint density at radius 3 is 2.62 bits per heavy atom. The van der Waals surface area contributed by atoms with Gasteiger partial charge >= 0.3 is 6.03 Å². The van der Waals surface area contributed by atoms with Crippen molar-refractivity contribution in [1.82, 2.24) is 15.1 Å². The van der Waals surface area contributed by atoms with Crippen molar-refractivity contribution in [3.63, 3.8) is 0 Å². The second-order valence-corrected chi connectivity index (χ2v) is 9.11. The molecule has 0 aromatic heterocycles. The number of aryl methyl sites for hydroxylation is 1. The topological polar surface area (TPSA) is 69.7 Å². The predicted octanol–water partition coefficient (Wildman–Crippen LogP) is 3.35. The van der Waals surface area contributed by atoms with Crippen LogP contribution in [0.3, 0.4) is 0 Å². The van der Waals surface area contributed by atoms with Crippen LogP contribution in [0.1, 0.15) is 42.9 Å². The maximum Gasteiger partial charge on any atom is 0.325 e. The van der Waals surface area contributed by atoms with Crippen molar-refractivity contribution in [3.8, 4) is 0 Å². The van der Waals surface area contributed by atoms with Crippen molar-refractivity contribution in [1.29, 1.82) is 0 Å². The molecule has 0 radical (unpaired) electrons.